The number of nitrogens with zero attached hydrogens (tertiary/aromatic N) is 3. The number of carbonyl (C=O) groups is 2. The molecule has 0 aromatic heterocycles. The van der Waals surface area contributed by atoms with Crippen LogP contribution in [-0.4, -0.2) is 62.2 Å². The summed E-state index contributed by atoms with van der Waals surface area (Å²) in [5.74, 6) is -1.92. The zero-order valence-corrected chi connectivity index (χ0v) is 16.4. The van der Waals surface area contributed by atoms with Crippen LogP contribution in [0.5, 0.6) is 0 Å². The summed E-state index contributed by atoms with van der Waals surface area (Å²) < 4.78 is 40.4. The summed E-state index contributed by atoms with van der Waals surface area (Å²) in [6.45, 7) is 1.53. The van der Waals surface area contributed by atoms with Gasteiger partial charge < -0.3 is 0 Å². The van der Waals surface area contributed by atoms with E-state index in [-0.39, 0.29) is 23.7 Å². The van der Waals surface area contributed by atoms with Crippen molar-refractivity contribution in [3.05, 3.63) is 65.5 Å². The number of Topliss-reactive ketones (excluding diaryl/α,β-unsaturated/α-hetero) is 1. The maximum atomic E-state index is 13.6. The van der Waals surface area contributed by atoms with E-state index in [0.717, 1.165) is 11.6 Å². The second-order valence-corrected chi connectivity index (χ2v) is 9.09. The molecule has 2 aromatic rings. The molecule has 4 rings (SSSR count). The highest BCUT2D eigenvalue weighted by molar-refractivity contribution is 7.88. The third kappa shape index (κ3) is 3.93. The summed E-state index contributed by atoms with van der Waals surface area (Å²) in [6.07, 6.45) is 0. The molecule has 2 heterocycles. The minimum Gasteiger partial charge on any atom is -0.291 e. The van der Waals surface area contributed by atoms with E-state index in [2.05, 4.69) is 0 Å². The van der Waals surface area contributed by atoms with Crippen LogP contribution in [0.1, 0.15) is 15.9 Å². The number of piperazine rings is 1. The van der Waals surface area contributed by atoms with E-state index in [0.29, 0.717) is 26.2 Å². The molecule has 1 fully saturated rings. The SMILES string of the molecule is O=C1C(=O)N(CN2CCN(S(=O)(=O)Cc3ccccc3)CC2)c2cc(F)ccc21. The molecular formula is C20H20FN3O4S. The summed E-state index contributed by atoms with van der Waals surface area (Å²) >= 11 is 0. The lowest BCUT2D eigenvalue weighted by molar-refractivity contribution is -0.114. The van der Waals surface area contributed by atoms with Crippen LogP contribution in [-0.2, 0) is 20.6 Å². The van der Waals surface area contributed by atoms with Crippen molar-refractivity contribution in [3.63, 3.8) is 0 Å². The standard InChI is InChI=1S/C20H20FN3O4S/c21-16-6-7-17-18(12-16)24(20(26)19(17)25)14-22-8-10-23(11-9-22)29(27,28)13-15-4-2-1-3-5-15/h1-7,12H,8-11,13-14H2. The van der Waals surface area contributed by atoms with Gasteiger partial charge in [-0.3, -0.25) is 19.4 Å². The highest BCUT2D eigenvalue weighted by Gasteiger charge is 2.37. The fraction of sp³-hybridized carbons (Fsp3) is 0.300. The van der Waals surface area contributed by atoms with Crippen molar-refractivity contribution in [2.45, 2.75) is 5.75 Å². The summed E-state index contributed by atoms with van der Waals surface area (Å²) in [4.78, 5) is 27.5. The Morgan fingerprint density at radius 2 is 1.62 bits per heavy atom. The van der Waals surface area contributed by atoms with Crippen molar-refractivity contribution in [1.82, 2.24) is 9.21 Å². The van der Waals surface area contributed by atoms with E-state index >= 15 is 0 Å². The Bertz CT molecular complexity index is 1050. The van der Waals surface area contributed by atoms with Crippen molar-refractivity contribution >= 4 is 27.4 Å². The van der Waals surface area contributed by atoms with Gasteiger partial charge in [-0.2, -0.15) is 4.31 Å². The van der Waals surface area contributed by atoms with Crippen molar-refractivity contribution in [2.24, 2.45) is 0 Å². The predicted octanol–water partition coefficient (Wildman–Crippen LogP) is 1.46. The molecule has 0 spiro atoms. The molecule has 1 saturated heterocycles. The molecule has 0 unspecified atom stereocenters. The van der Waals surface area contributed by atoms with Crippen LogP contribution < -0.4 is 4.90 Å². The van der Waals surface area contributed by atoms with Crippen molar-refractivity contribution < 1.29 is 22.4 Å². The largest absolute Gasteiger partial charge is 0.300 e. The molecule has 7 nitrogen and oxygen atoms in total. The number of halogens is 1. The molecule has 9 heteroatoms. The molecule has 29 heavy (non-hydrogen) atoms. The molecular weight excluding hydrogens is 397 g/mol. The van der Waals surface area contributed by atoms with Gasteiger partial charge in [0.05, 0.1) is 23.7 Å². The fourth-order valence-electron chi connectivity index (χ4n) is 3.63. The topological polar surface area (TPSA) is 78.0 Å². The minimum absolute atomic E-state index is 0.0559. The summed E-state index contributed by atoms with van der Waals surface area (Å²) in [5, 5.41) is 0. The number of carbonyl (C=O) groups excluding carboxylic acids is 2. The van der Waals surface area contributed by atoms with Gasteiger partial charge >= 0.3 is 5.91 Å². The van der Waals surface area contributed by atoms with Crippen LogP contribution in [0.3, 0.4) is 0 Å². The van der Waals surface area contributed by atoms with E-state index in [1.54, 1.807) is 24.3 Å². The monoisotopic (exact) mass is 417 g/mol. The average Bonchev–Trinajstić information content (AvgIpc) is 2.93. The molecule has 0 N–H and O–H groups in total. The van der Waals surface area contributed by atoms with Crippen molar-refractivity contribution in [2.75, 3.05) is 37.7 Å². The van der Waals surface area contributed by atoms with E-state index in [1.165, 1.54) is 21.3 Å². The van der Waals surface area contributed by atoms with Gasteiger partial charge in [-0.1, -0.05) is 30.3 Å². The first-order valence-electron chi connectivity index (χ1n) is 9.25. The fourth-order valence-corrected chi connectivity index (χ4v) is 5.15. The summed E-state index contributed by atoms with van der Waals surface area (Å²) in [5.41, 5.74) is 1.19. The first-order chi connectivity index (χ1) is 13.8. The Balaban J connectivity index is 1.40. The Morgan fingerprint density at radius 1 is 0.931 bits per heavy atom. The van der Waals surface area contributed by atoms with Gasteiger partial charge in [-0.25, -0.2) is 12.8 Å². The number of amides is 1. The lowest BCUT2D eigenvalue weighted by Crippen LogP contribution is -2.52. The molecule has 0 saturated carbocycles. The normalized spacial score (nSPS) is 18.3. The summed E-state index contributed by atoms with van der Waals surface area (Å²) in [7, 11) is -3.44. The third-order valence-electron chi connectivity index (χ3n) is 5.19. The Hall–Kier alpha value is -2.62. The van der Waals surface area contributed by atoms with Gasteiger partial charge in [-0.15, -0.1) is 0 Å². The van der Waals surface area contributed by atoms with Crippen LogP contribution in [0.4, 0.5) is 10.1 Å². The van der Waals surface area contributed by atoms with Gasteiger partial charge in [0.25, 0.3) is 5.78 Å². The smallest absolute Gasteiger partial charge is 0.291 e. The Kier molecular flexibility index (Phi) is 5.20. The molecule has 152 valence electrons. The lowest BCUT2D eigenvalue weighted by Gasteiger charge is -2.35. The molecule has 0 bridgehead atoms. The van der Waals surface area contributed by atoms with Crippen LogP contribution in [0.15, 0.2) is 48.5 Å². The molecule has 2 aromatic carbocycles. The maximum absolute atomic E-state index is 13.6. The van der Waals surface area contributed by atoms with E-state index in [9.17, 15) is 22.4 Å². The molecule has 0 radical (unpaired) electrons. The maximum Gasteiger partial charge on any atom is 0.300 e. The molecule has 2 aliphatic rings. The van der Waals surface area contributed by atoms with Crippen LogP contribution >= 0.6 is 0 Å². The zero-order valence-electron chi connectivity index (χ0n) is 15.6. The molecule has 0 aliphatic carbocycles. The van der Waals surface area contributed by atoms with E-state index < -0.39 is 27.5 Å². The predicted molar refractivity (Wildman–Crippen MR) is 105 cm³/mol. The number of hydrogen-bond acceptors (Lipinski definition) is 5. The highest BCUT2D eigenvalue weighted by Crippen LogP contribution is 2.30. The van der Waals surface area contributed by atoms with Crippen LogP contribution in [0.2, 0.25) is 0 Å². The number of sulfonamides is 1. The molecule has 0 atom stereocenters. The number of ketones is 1. The highest BCUT2D eigenvalue weighted by atomic mass is 32.2. The van der Waals surface area contributed by atoms with Crippen LogP contribution in [0, 0.1) is 5.82 Å². The number of benzene rings is 2. The van der Waals surface area contributed by atoms with Crippen LogP contribution in [0.25, 0.3) is 0 Å². The lowest BCUT2D eigenvalue weighted by atomic mass is 10.1. The second-order valence-electron chi connectivity index (χ2n) is 7.12. The molecule has 1 amide bonds. The Labute approximate surface area is 168 Å². The second kappa shape index (κ2) is 7.66. The number of fused-ring (bicyclic) bond motifs is 1. The van der Waals surface area contributed by atoms with Gasteiger partial charge in [0.1, 0.15) is 5.82 Å². The minimum atomic E-state index is -3.44. The van der Waals surface area contributed by atoms with Crippen molar-refractivity contribution in [3.8, 4) is 0 Å². The van der Waals surface area contributed by atoms with Gasteiger partial charge in [0.2, 0.25) is 10.0 Å². The Morgan fingerprint density at radius 3 is 2.31 bits per heavy atom. The zero-order chi connectivity index (χ0) is 20.6. The van der Waals surface area contributed by atoms with Crippen molar-refractivity contribution in [1.29, 1.82) is 0 Å². The van der Waals surface area contributed by atoms with Gasteiger partial charge in [0, 0.05) is 26.2 Å². The number of hydrogen-bond donors (Lipinski definition) is 0. The van der Waals surface area contributed by atoms with E-state index in [4.69, 9.17) is 0 Å². The average molecular weight is 417 g/mol. The number of anilines is 1. The van der Waals surface area contributed by atoms with E-state index in [1.807, 2.05) is 11.0 Å². The molecule has 2 aliphatic heterocycles. The third-order valence-corrected chi connectivity index (χ3v) is 7.04. The van der Waals surface area contributed by atoms with Gasteiger partial charge in [0.15, 0.2) is 0 Å². The van der Waals surface area contributed by atoms with Gasteiger partial charge in [-0.05, 0) is 23.8 Å². The first-order valence-corrected chi connectivity index (χ1v) is 10.9. The summed E-state index contributed by atoms with van der Waals surface area (Å²) in [6, 6.07) is 12.7. The first kappa shape index (κ1) is 19.7. The quantitative estimate of drug-likeness (QED) is 0.689. The number of rotatable bonds is 5.